The van der Waals surface area contributed by atoms with Crippen LogP contribution < -0.4 is 24.8 Å². The van der Waals surface area contributed by atoms with Crippen LogP contribution in [0.2, 0.25) is 0 Å². The number of methoxy groups -OCH3 is 3. The molecule has 1 aromatic carbocycles. The maximum Gasteiger partial charge on any atom is 0.191 e. The summed E-state index contributed by atoms with van der Waals surface area (Å²) in [7, 11) is 4.94. The number of aliphatic imine (C=N–C) groups is 1. The van der Waals surface area contributed by atoms with Gasteiger partial charge in [-0.1, -0.05) is 6.92 Å². The van der Waals surface area contributed by atoms with Crippen molar-refractivity contribution in [3.63, 3.8) is 0 Å². The lowest BCUT2D eigenvalue weighted by Gasteiger charge is -2.17. The predicted octanol–water partition coefficient (Wildman–Crippen LogP) is 4.29. The molecule has 8 heteroatoms. The molecular weight excluding hydrogens is 501 g/mol. The third kappa shape index (κ3) is 7.58. The van der Waals surface area contributed by atoms with Crippen LogP contribution in [0.25, 0.3) is 0 Å². The Morgan fingerprint density at radius 2 is 1.79 bits per heavy atom. The first kappa shape index (κ1) is 25.4. The Hall–Kier alpha value is -1.68. The highest BCUT2D eigenvalue weighted by Gasteiger charge is 2.13. The fourth-order valence-electron chi connectivity index (χ4n) is 2.86. The van der Waals surface area contributed by atoms with E-state index in [0.717, 1.165) is 42.5 Å². The van der Waals surface area contributed by atoms with E-state index in [4.69, 9.17) is 19.2 Å². The first-order chi connectivity index (χ1) is 13.6. The minimum Gasteiger partial charge on any atom is -0.496 e. The first-order valence-electron chi connectivity index (χ1n) is 9.46. The lowest BCUT2D eigenvalue weighted by atomic mass is 10.1. The molecule has 1 aromatic heterocycles. The van der Waals surface area contributed by atoms with Crippen molar-refractivity contribution in [1.82, 2.24) is 10.6 Å². The fourth-order valence-corrected chi connectivity index (χ4v) is 3.64. The molecule has 0 amide bonds. The monoisotopic (exact) mass is 533 g/mol. The summed E-state index contributed by atoms with van der Waals surface area (Å²) in [5, 5.41) is 11.0. The van der Waals surface area contributed by atoms with E-state index in [0.29, 0.717) is 18.2 Å². The average Bonchev–Trinajstić information content (AvgIpc) is 3.26. The highest BCUT2D eigenvalue weighted by molar-refractivity contribution is 14.0. The summed E-state index contributed by atoms with van der Waals surface area (Å²) in [6.45, 7) is 6.52. The molecule has 6 nitrogen and oxygen atoms in total. The van der Waals surface area contributed by atoms with Crippen LogP contribution in [-0.4, -0.2) is 46.9 Å². The number of ether oxygens (including phenoxy) is 3. The highest BCUT2D eigenvalue weighted by atomic mass is 127. The molecule has 2 rings (SSSR count). The van der Waals surface area contributed by atoms with E-state index in [-0.39, 0.29) is 24.0 Å². The number of halogens is 1. The lowest BCUT2D eigenvalue weighted by molar-refractivity contribution is 0.368. The van der Waals surface area contributed by atoms with Gasteiger partial charge in [0.1, 0.15) is 17.2 Å². The second kappa shape index (κ2) is 13.5. The summed E-state index contributed by atoms with van der Waals surface area (Å²) in [6.07, 6.45) is 0.737. The van der Waals surface area contributed by atoms with Crippen LogP contribution in [-0.2, 0) is 6.42 Å². The molecule has 2 aromatic rings. The number of nitrogens with zero attached hydrogens (tertiary/aromatic N) is 1. The van der Waals surface area contributed by atoms with Gasteiger partial charge in [0, 0.05) is 43.2 Å². The van der Waals surface area contributed by atoms with Gasteiger partial charge in [-0.05, 0) is 35.7 Å². The topological polar surface area (TPSA) is 64.1 Å². The Balaban J connectivity index is 0.00000420. The summed E-state index contributed by atoms with van der Waals surface area (Å²) in [5.74, 6) is 3.43. The van der Waals surface area contributed by atoms with Crippen LogP contribution in [0.15, 0.2) is 34.0 Å². The Kier molecular flexibility index (Phi) is 11.8. The summed E-state index contributed by atoms with van der Waals surface area (Å²) in [4.78, 5) is 4.73. The first-order valence-corrected chi connectivity index (χ1v) is 10.4. The van der Waals surface area contributed by atoms with E-state index < -0.39 is 0 Å². The molecule has 0 radical (unpaired) electrons. The standard InChI is InChI=1S/C21H31N3O3S.HI/c1-6-22-21(24-13-15(2)16-8-10-28-14-16)23-9-7-18-19(26-4)11-17(25-3)12-20(18)27-5;/h8,10-12,14-15H,6-7,9,13H2,1-5H3,(H2,22,23,24);1H. The summed E-state index contributed by atoms with van der Waals surface area (Å²) in [6, 6.07) is 5.91. The Morgan fingerprint density at radius 3 is 2.31 bits per heavy atom. The number of hydrogen-bond donors (Lipinski definition) is 2. The van der Waals surface area contributed by atoms with Gasteiger partial charge in [0.15, 0.2) is 5.96 Å². The van der Waals surface area contributed by atoms with Gasteiger partial charge in [0.2, 0.25) is 0 Å². The number of benzene rings is 1. The van der Waals surface area contributed by atoms with Crippen molar-refractivity contribution in [1.29, 1.82) is 0 Å². The molecule has 2 N–H and O–H groups in total. The van der Waals surface area contributed by atoms with Gasteiger partial charge >= 0.3 is 0 Å². The summed E-state index contributed by atoms with van der Waals surface area (Å²) in [5.41, 5.74) is 2.33. The van der Waals surface area contributed by atoms with Crippen LogP contribution in [0.3, 0.4) is 0 Å². The molecule has 0 fully saturated rings. The molecule has 0 aliphatic heterocycles. The minimum atomic E-state index is 0. The molecule has 1 unspecified atom stereocenters. The van der Waals surface area contributed by atoms with Crippen LogP contribution >= 0.6 is 35.3 Å². The average molecular weight is 533 g/mol. The third-order valence-corrected chi connectivity index (χ3v) is 5.17. The number of guanidine groups is 1. The number of thiophene rings is 1. The molecule has 0 spiro atoms. The normalized spacial score (nSPS) is 12.0. The van der Waals surface area contributed by atoms with E-state index in [2.05, 4.69) is 41.3 Å². The second-order valence-corrected chi connectivity index (χ2v) is 7.14. The lowest BCUT2D eigenvalue weighted by Crippen LogP contribution is -2.38. The van der Waals surface area contributed by atoms with Crippen LogP contribution in [0.4, 0.5) is 0 Å². The summed E-state index contributed by atoms with van der Waals surface area (Å²) >= 11 is 1.72. The number of hydrogen-bond acceptors (Lipinski definition) is 5. The van der Waals surface area contributed by atoms with Crippen molar-refractivity contribution in [2.45, 2.75) is 26.2 Å². The van der Waals surface area contributed by atoms with Crippen molar-refractivity contribution in [3.05, 3.63) is 40.1 Å². The minimum absolute atomic E-state index is 0. The van der Waals surface area contributed by atoms with Crippen LogP contribution in [0, 0.1) is 0 Å². The SMILES string of the molecule is CCNC(=NCC(C)c1ccsc1)NCCc1c(OC)cc(OC)cc1OC.I. The number of rotatable bonds is 10. The third-order valence-electron chi connectivity index (χ3n) is 4.46. The largest absolute Gasteiger partial charge is 0.496 e. The van der Waals surface area contributed by atoms with Crippen molar-refractivity contribution in [2.75, 3.05) is 41.0 Å². The molecule has 29 heavy (non-hydrogen) atoms. The molecule has 162 valence electrons. The van der Waals surface area contributed by atoms with Gasteiger partial charge < -0.3 is 24.8 Å². The van der Waals surface area contributed by atoms with Crippen molar-refractivity contribution < 1.29 is 14.2 Å². The van der Waals surface area contributed by atoms with E-state index in [1.54, 1.807) is 32.7 Å². The van der Waals surface area contributed by atoms with Gasteiger partial charge in [-0.2, -0.15) is 11.3 Å². The van der Waals surface area contributed by atoms with Crippen LogP contribution in [0.5, 0.6) is 17.2 Å². The Bertz CT molecular complexity index is 729. The molecule has 0 aliphatic carbocycles. The zero-order valence-electron chi connectivity index (χ0n) is 17.8. The van der Waals surface area contributed by atoms with Gasteiger partial charge in [-0.25, -0.2) is 0 Å². The zero-order chi connectivity index (χ0) is 20.4. The predicted molar refractivity (Wildman–Crippen MR) is 132 cm³/mol. The zero-order valence-corrected chi connectivity index (χ0v) is 20.9. The quantitative estimate of drug-likeness (QED) is 0.271. The molecule has 0 aliphatic rings. The molecule has 1 heterocycles. The number of nitrogens with one attached hydrogen (secondary N) is 2. The highest BCUT2D eigenvalue weighted by Crippen LogP contribution is 2.34. The van der Waals surface area contributed by atoms with Gasteiger partial charge in [0.25, 0.3) is 0 Å². The van der Waals surface area contributed by atoms with E-state index in [9.17, 15) is 0 Å². The van der Waals surface area contributed by atoms with Crippen molar-refractivity contribution in [2.24, 2.45) is 4.99 Å². The Morgan fingerprint density at radius 1 is 1.10 bits per heavy atom. The molecule has 0 bridgehead atoms. The van der Waals surface area contributed by atoms with E-state index in [1.165, 1.54) is 5.56 Å². The van der Waals surface area contributed by atoms with E-state index in [1.807, 2.05) is 12.1 Å². The van der Waals surface area contributed by atoms with Crippen molar-refractivity contribution in [3.8, 4) is 17.2 Å². The van der Waals surface area contributed by atoms with Crippen molar-refractivity contribution >= 4 is 41.3 Å². The van der Waals surface area contributed by atoms with Crippen LogP contribution in [0.1, 0.15) is 30.9 Å². The fraction of sp³-hybridized carbons (Fsp3) is 0.476. The second-order valence-electron chi connectivity index (χ2n) is 6.36. The molecule has 0 saturated heterocycles. The van der Waals surface area contributed by atoms with Gasteiger partial charge in [0.05, 0.1) is 21.3 Å². The van der Waals surface area contributed by atoms with E-state index >= 15 is 0 Å². The maximum absolute atomic E-state index is 5.52. The maximum atomic E-state index is 5.52. The molecule has 1 atom stereocenters. The Labute approximate surface area is 195 Å². The summed E-state index contributed by atoms with van der Waals surface area (Å²) < 4.78 is 16.4. The smallest absolute Gasteiger partial charge is 0.191 e. The molecule has 0 saturated carbocycles. The van der Waals surface area contributed by atoms with Gasteiger partial charge in [-0.3, -0.25) is 4.99 Å². The van der Waals surface area contributed by atoms with Gasteiger partial charge in [-0.15, -0.1) is 24.0 Å². The molecular formula is C21H32IN3O3S.